The second-order valence-electron chi connectivity index (χ2n) is 2.09. The number of rotatable bonds is 3. The third-order valence-electron chi connectivity index (χ3n) is 1.10. The van der Waals surface area contributed by atoms with E-state index in [1.54, 1.807) is 0 Å². The molecule has 1 saturated heterocycles. The van der Waals surface area contributed by atoms with E-state index in [-0.39, 0.29) is 13.2 Å². The predicted octanol–water partition coefficient (Wildman–Crippen LogP) is -0.258. The number of ether oxygens (including phenoxy) is 2. The molecule has 0 aromatic heterocycles. The molecule has 4 heteroatoms. The molecule has 11 heavy (non-hydrogen) atoms. The number of hydrogen-bond donors (Lipinski definition) is 2. The summed E-state index contributed by atoms with van der Waals surface area (Å²) in [7, 11) is 0. The van der Waals surface area contributed by atoms with Crippen molar-refractivity contribution >= 4 is 0 Å². The van der Waals surface area contributed by atoms with Gasteiger partial charge in [-0.2, -0.15) is 0 Å². The van der Waals surface area contributed by atoms with Crippen molar-refractivity contribution in [2.24, 2.45) is 0 Å². The standard InChI is InChI=1S/C4H10O2.C3H6O2/c5-3-1-2-4-6;1-2-5-3-4-1/h5-6H,1-4H2;1-3H2. The molecule has 0 unspecified atom stereocenters. The van der Waals surface area contributed by atoms with Crippen molar-refractivity contribution in [1.82, 2.24) is 0 Å². The summed E-state index contributed by atoms with van der Waals surface area (Å²) in [5, 5.41) is 16.2. The van der Waals surface area contributed by atoms with Crippen molar-refractivity contribution in [3.63, 3.8) is 0 Å². The SMILES string of the molecule is C1COCO1.OCCCCO. The minimum Gasteiger partial charge on any atom is -0.396 e. The maximum Gasteiger partial charge on any atom is 0.146 e. The van der Waals surface area contributed by atoms with Crippen molar-refractivity contribution in [2.75, 3.05) is 33.2 Å². The summed E-state index contributed by atoms with van der Waals surface area (Å²) in [5.74, 6) is 0. The average Bonchev–Trinajstić information content (AvgIpc) is 2.57. The highest BCUT2D eigenvalue weighted by Crippen LogP contribution is 1.85. The van der Waals surface area contributed by atoms with Crippen molar-refractivity contribution < 1.29 is 19.7 Å². The van der Waals surface area contributed by atoms with Gasteiger partial charge in [-0.1, -0.05) is 0 Å². The van der Waals surface area contributed by atoms with Crippen LogP contribution in [0.4, 0.5) is 0 Å². The van der Waals surface area contributed by atoms with Gasteiger partial charge in [0.1, 0.15) is 6.79 Å². The van der Waals surface area contributed by atoms with Crippen LogP contribution in [0.2, 0.25) is 0 Å². The van der Waals surface area contributed by atoms with Crippen molar-refractivity contribution in [1.29, 1.82) is 0 Å². The van der Waals surface area contributed by atoms with Crippen LogP contribution in [0.5, 0.6) is 0 Å². The Hall–Kier alpha value is -0.160. The van der Waals surface area contributed by atoms with Gasteiger partial charge in [0.2, 0.25) is 0 Å². The van der Waals surface area contributed by atoms with Crippen LogP contribution in [-0.2, 0) is 9.47 Å². The van der Waals surface area contributed by atoms with E-state index >= 15 is 0 Å². The molecule has 0 spiro atoms. The van der Waals surface area contributed by atoms with Crippen molar-refractivity contribution in [3.8, 4) is 0 Å². The summed E-state index contributed by atoms with van der Waals surface area (Å²) >= 11 is 0. The zero-order valence-corrected chi connectivity index (χ0v) is 6.66. The van der Waals surface area contributed by atoms with E-state index in [2.05, 4.69) is 0 Å². The molecule has 1 aliphatic heterocycles. The smallest absolute Gasteiger partial charge is 0.146 e. The molecular weight excluding hydrogens is 148 g/mol. The lowest BCUT2D eigenvalue weighted by atomic mass is 10.3. The van der Waals surface area contributed by atoms with Gasteiger partial charge in [-0.15, -0.1) is 0 Å². The van der Waals surface area contributed by atoms with Gasteiger partial charge in [0.05, 0.1) is 13.2 Å². The molecule has 0 amide bonds. The molecule has 0 aliphatic carbocycles. The fourth-order valence-corrected chi connectivity index (χ4v) is 0.518. The fourth-order valence-electron chi connectivity index (χ4n) is 0.518. The maximum atomic E-state index is 8.09. The van der Waals surface area contributed by atoms with E-state index < -0.39 is 0 Å². The zero-order chi connectivity index (χ0) is 8.36. The van der Waals surface area contributed by atoms with E-state index in [0.717, 1.165) is 26.1 Å². The van der Waals surface area contributed by atoms with Gasteiger partial charge in [-0.25, -0.2) is 0 Å². The summed E-state index contributed by atoms with van der Waals surface area (Å²) in [4.78, 5) is 0. The molecule has 0 bridgehead atoms. The molecule has 0 aromatic rings. The second-order valence-corrected chi connectivity index (χ2v) is 2.09. The Morgan fingerprint density at radius 2 is 1.36 bits per heavy atom. The van der Waals surface area contributed by atoms with Crippen LogP contribution in [0, 0.1) is 0 Å². The Bertz CT molecular complexity index is 51.9. The van der Waals surface area contributed by atoms with Crippen LogP contribution in [0.25, 0.3) is 0 Å². The molecule has 1 heterocycles. The highest BCUT2D eigenvalue weighted by atomic mass is 16.7. The Morgan fingerprint density at radius 3 is 1.55 bits per heavy atom. The molecule has 0 atom stereocenters. The quantitative estimate of drug-likeness (QED) is 0.564. The highest BCUT2D eigenvalue weighted by molar-refractivity contribution is 4.30. The van der Waals surface area contributed by atoms with Gasteiger partial charge in [-0.05, 0) is 12.8 Å². The van der Waals surface area contributed by atoms with E-state index in [9.17, 15) is 0 Å². The van der Waals surface area contributed by atoms with E-state index in [4.69, 9.17) is 19.7 Å². The van der Waals surface area contributed by atoms with E-state index in [1.807, 2.05) is 0 Å². The Kier molecular flexibility index (Phi) is 9.70. The average molecular weight is 164 g/mol. The molecule has 68 valence electrons. The van der Waals surface area contributed by atoms with Gasteiger partial charge in [0.15, 0.2) is 0 Å². The van der Waals surface area contributed by atoms with Crippen LogP contribution in [0.3, 0.4) is 0 Å². The third kappa shape index (κ3) is 9.84. The summed E-state index contributed by atoms with van der Waals surface area (Å²) in [6, 6.07) is 0. The lowest BCUT2D eigenvalue weighted by Gasteiger charge is -1.85. The van der Waals surface area contributed by atoms with Crippen molar-refractivity contribution in [2.45, 2.75) is 12.8 Å². The van der Waals surface area contributed by atoms with Crippen LogP contribution >= 0.6 is 0 Å². The molecule has 1 rings (SSSR count). The third-order valence-corrected chi connectivity index (χ3v) is 1.10. The lowest BCUT2D eigenvalue weighted by Crippen LogP contribution is -1.85. The molecule has 1 aliphatic rings. The minimum atomic E-state index is 0.195. The first kappa shape index (κ1) is 10.8. The number of unbranched alkanes of at least 4 members (excludes halogenated alkanes) is 1. The van der Waals surface area contributed by atoms with Crippen LogP contribution in [0.1, 0.15) is 12.8 Å². The monoisotopic (exact) mass is 164 g/mol. The van der Waals surface area contributed by atoms with E-state index in [1.165, 1.54) is 0 Å². The van der Waals surface area contributed by atoms with Gasteiger partial charge in [-0.3, -0.25) is 0 Å². The number of hydrogen-bond acceptors (Lipinski definition) is 4. The Morgan fingerprint density at radius 1 is 0.909 bits per heavy atom. The summed E-state index contributed by atoms with van der Waals surface area (Å²) in [6.07, 6.45) is 1.44. The number of aliphatic hydroxyl groups excluding tert-OH is 2. The van der Waals surface area contributed by atoms with Gasteiger partial charge < -0.3 is 19.7 Å². The molecule has 4 nitrogen and oxygen atoms in total. The summed E-state index contributed by atoms with van der Waals surface area (Å²) < 4.78 is 9.44. The summed E-state index contributed by atoms with van der Waals surface area (Å²) in [6.45, 7) is 2.45. The molecule has 0 aromatic carbocycles. The van der Waals surface area contributed by atoms with Crippen LogP contribution < -0.4 is 0 Å². The topological polar surface area (TPSA) is 58.9 Å². The van der Waals surface area contributed by atoms with Gasteiger partial charge >= 0.3 is 0 Å². The number of aliphatic hydroxyl groups is 2. The first-order valence-corrected chi connectivity index (χ1v) is 3.79. The molecule has 2 N–H and O–H groups in total. The Labute approximate surface area is 66.7 Å². The Balaban J connectivity index is 0.000000183. The predicted molar refractivity (Wildman–Crippen MR) is 40.2 cm³/mol. The van der Waals surface area contributed by atoms with Gasteiger partial charge in [0, 0.05) is 13.2 Å². The normalized spacial score (nSPS) is 15.8. The van der Waals surface area contributed by atoms with Gasteiger partial charge in [0.25, 0.3) is 0 Å². The minimum absolute atomic E-state index is 0.195. The highest BCUT2D eigenvalue weighted by Gasteiger charge is 1.93. The molecule has 0 radical (unpaired) electrons. The lowest BCUT2D eigenvalue weighted by molar-refractivity contribution is 0.0692. The van der Waals surface area contributed by atoms with Crippen LogP contribution in [0.15, 0.2) is 0 Å². The molecule has 0 saturated carbocycles. The first-order chi connectivity index (χ1) is 5.41. The van der Waals surface area contributed by atoms with Crippen molar-refractivity contribution in [3.05, 3.63) is 0 Å². The maximum absolute atomic E-state index is 8.09. The molecule has 1 fully saturated rings. The van der Waals surface area contributed by atoms with E-state index in [0.29, 0.717) is 6.79 Å². The zero-order valence-electron chi connectivity index (χ0n) is 6.66. The first-order valence-electron chi connectivity index (χ1n) is 3.79. The second kappa shape index (κ2) is 9.84. The fraction of sp³-hybridized carbons (Fsp3) is 1.00. The summed E-state index contributed by atoms with van der Waals surface area (Å²) in [5.41, 5.74) is 0. The molecular formula is C7H16O4. The largest absolute Gasteiger partial charge is 0.396 e. The van der Waals surface area contributed by atoms with Crippen LogP contribution in [-0.4, -0.2) is 43.4 Å².